The van der Waals surface area contributed by atoms with Crippen LogP contribution in [0.25, 0.3) is 6.08 Å². The lowest BCUT2D eigenvalue weighted by molar-refractivity contribution is -0.128. The Labute approximate surface area is 143 Å². The van der Waals surface area contributed by atoms with Crippen LogP contribution in [-0.2, 0) is 4.79 Å². The van der Waals surface area contributed by atoms with Gasteiger partial charge in [0.05, 0.1) is 6.04 Å². The molecule has 0 aliphatic carbocycles. The van der Waals surface area contributed by atoms with E-state index in [2.05, 4.69) is 26.1 Å². The highest BCUT2D eigenvalue weighted by molar-refractivity contribution is 9.10. The predicted molar refractivity (Wildman–Crippen MR) is 90.4 cm³/mol. The van der Waals surface area contributed by atoms with Crippen molar-refractivity contribution in [1.82, 2.24) is 15.0 Å². The lowest BCUT2D eigenvalue weighted by atomic mass is 10.1. The summed E-state index contributed by atoms with van der Waals surface area (Å²) in [5.74, 6) is 0.576. The minimum atomic E-state index is -0.104. The van der Waals surface area contributed by atoms with E-state index in [-0.39, 0.29) is 11.9 Å². The molecule has 1 saturated heterocycles. The number of carbonyl (C=O) groups is 1. The predicted octanol–water partition coefficient (Wildman–Crippen LogP) is 3.99. The van der Waals surface area contributed by atoms with Gasteiger partial charge in [-0.1, -0.05) is 52.1 Å². The van der Waals surface area contributed by atoms with Gasteiger partial charge < -0.3 is 9.42 Å². The van der Waals surface area contributed by atoms with E-state index in [1.54, 1.807) is 6.08 Å². The number of halogens is 1. The first-order valence-corrected chi connectivity index (χ1v) is 8.54. The number of hydrogen-bond acceptors (Lipinski definition) is 4. The Balaban J connectivity index is 1.79. The standard InChI is InChI=1S/C17H18BrN3O2/c18-14-7-4-3-6-13(14)9-10-16(22)21-11-5-1-2-8-15(21)17-19-12-23-20-17/h3-4,6-7,9-10,12,15H,1-2,5,8,11H2. The van der Waals surface area contributed by atoms with Gasteiger partial charge in [-0.05, 0) is 30.5 Å². The van der Waals surface area contributed by atoms with E-state index in [1.165, 1.54) is 6.39 Å². The van der Waals surface area contributed by atoms with Gasteiger partial charge in [-0.15, -0.1) is 0 Å². The Morgan fingerprint density at radius 3 is 2.96 bits per heavy atom. The van der Waals surface area contributed by atoms with Gasteiger partial charge in [0.15, 0.2) is 5.82 Å². The van der Waals surface area contributed by atoms with Gasteiger partial charge in [-0.3, -0.25) is 4.79 Å². The molecule has 0 saturated carbocycles. The van der Waals surface area contributed by atoms with E-state index < -0.39 is 0 Å². The van der Waals surface area contributed by atoms with E-state index in [0.29, 0.717) is 5.82 Å². The summed E-state index contributed by atoms with van der Waals surface area (Å²) in [7, 11) is 0. The van der Waals surface area contributed by atoms with Crippen molar-refractivity contribution in [2.24, 2.45) is 0 Å². The summed E-state index contributed by atoms with van der Waals surface area (Å²) in [6, 6.07) is 7.71. The molecule has 3 rings (SSSR count). The Bertz CT molecular complexity index is 685. The van der Waals surface area contributed by atoms with Crippen LogP contribution < -0.4 is 0 Å². The second-order valence-corrected chi connectivity index (χ2v) is 6.40. The van der Waals surface area contributed by atoms with Crippen molar-refractivity contribution in [3.8, 4) is 0 Å². The van der Waals surface area contributed by atoms with Crippen LogP contribution in [0.4, 0.5) is 0 Å². The average Bonchev–Trinajstić information content (AvgIpc) is 2.98. The second kappa shape index (κ2) is 7.55. The average molecular weight is 376 g/mol. The number of rotatable bonds is 3. The van der Waals surface area contributed by atoms with Crippen molar-refractivity contribution in [3.05, 3.63) is 52.6 Å². The fourth-order valence-electron chi connectivity index (χ4n) is 2.83. The molecule has 0 bridgehead atoms. The first-order chi connectivity index (χ1) is 11.3. The van der Waals surface area contributed by atoms with Gasteiger partial charge in [0.1, 0.15) is 0 Å². The van der Waals surface area contributed by atoms with E-state index >= 15 is 0 Å². The van der Waals surface area contributed by atoms with Crippen LogP contribution in [0, 0.1) is 0 Å². The molecule has 6 heteroatoms. The van der Waals surface area contributed by atoms with E-state index in [1.807, 2.05) is 35.2 Å². The molecule has 120 valence electrons. The van der Waals surface area contributed by atoms with Crippen molar-refractivity contribution in [1.29, 1.82) is 0 Å². The highest BCUT2D eigenvalue weighted by atomic mass is 79.9. The van der Waals surface area contributed by atoms with Crippen LogP contribution in [0.5, 0.6) is 0 Å². The molecule has 1 aromatic carbocycles. The third-order valence-electron chi connectivity index (χ3n) is 4.02. The molecule has 0 N–H and O–H groups in total. The summed E-state index contributed by atoms with van der Waals surface area (Å²) in [5, 5.41) is 3.94. The van der Waals surface area contributed by atoms with Crippen LogP contribution >= 0.6 is 15.9 Å². The molecule has 2 aromatic rings. The summed E-state index contributed by atoms with van der Waals surface area (Å²) in [6.45, 7) is 0.721. The highest BCUT2D eigenvalue weighted by Crippen LogP contribution is 2.28. The second-order valence-electron chi connectivity index (χ2n) is 5.54. The molecule has 23 heavy (non-hydrogen) atoms. The molecule has 0 radical (unpaired) electrons. The largest absolute Gasteiger partial charge is 0.343 e. The van der Waals surface area contributed by atoms with Gasteiger partial charge in [-0.2, -0.15) is 4.98 Å². The zero-order valence-electron chi connectivity index (χ0n) is 12.7. The summed E-state index contributed by atoms with van der Waals surface area (Å²) in [4.78, 5) is 18.7. The van der Waals surface area contributed by atoms with Crippen molar-refractivity contribution in [2.45, 2.75) is 31.7 Å². The van der Waals surface area contributed by atoms with Crippen LogP contribution in [0.1, 0.15) is 43.1 Å². The van der Waals surface area contributed by atoms with Crippen molar-refractivity contribution in [3.63, 3.8) is 0 Å². The maximum atomic E-state index is 12.7. The summed E-state index contributed by atoms with van der Waals surface area (Å²) < 4.78 is 5.83. The van der Waals surface area contributed by atoms with Crippen LogP contribution in [0.3, 0.4) is 0 Å². The molecule has 2 heterocycles. The van der Waals surface area contributed by atoms with Gasteiger partial charge >= 0.3 is 0 Å². The Morgan fingerprint density at radius 2 is 2.17 bits per heavy atom. The summed E-state index contributed by atoms with van der Waals surface area (Å²) >= 11 is 3.49. The molecule has 1 atom stereocenters. The van der Waals surface area contributed by atoms with E-state index in [9.17, 15) is 4.79 Å². The van der Waals surface area contributed by atoms with Crippen molar-refractivity contribution < 1.29 is 9.32 Å². The molecule has 1 fully saturated rings. The molecule has 1 aliphatic heterocycles. The van der Waals surface area contributed by atoms with Crippen molar-refractivity contribution in [2.75, 3.05) is 6.54 Å². The maximum Gasteiger partial charge on any atom is 0.247 e. The number of hydrogen-bond donors (Lipinski definition) is 0. The summed E-state index contributed by atoms with van der Waals surface area (Å²) in [5.41, 5.74) is 0.979. The van der Waals surface area contributed by atoms with E-state index in [0.717, 1.165) is 42.3 Å². The zero-order valence-corrected chi connectivity index (χ0v) is 14.3. The molecular weight excluding hydrogens is 358 g/mol. The molecule has 0 spiro atoms. The number of benzene rings is 1. The fraction of sp³-hybridized carbons (Fsp3) is 0.353. The van der Waals surface area contributed by atoms with Gasteiger partial charge in [0.25, 0.3) is 0 Å². The van der Waals surface area contributed by atoms with Gasteiger partial charge in [-0.25, -0.2) is 0 Å². The molecule has 1 aromatic heterocycles. The molecule has 1 unspecified atom stereocenters. The van der Waals surface area contributed by atoms with E-state index in [4.69, 9.17) is 4.52 Å². The number of amides is 1. The third-order valence-corrected chi connectivity index (χ3v) is 4.75. The lowest BCUT2D eigenvalue weighted by Crippen LogP contribution is -2.34. The Hall–Kier alpha value is -1.95. The van der Waals surface area contributed by atoms with Gasteiger partial charge in [0, 0.05) is 17.1 Å². The lowest BCUT2D eigenvalue weighted by Gasteiger charge is -2.26. The number of aromatic nitrogens is 2. The number of likely N-dealkylation sites (tertiary alicyclic amines) is 1. The Morgan fingerprint density at radius 1 is 1.30 bits per heavy atom. The van der Waals surface area contributed by atoms with Crippen LogP contribution in [0.2, 0.25) is 0 Å². The van der Waals surface area contributed by atoms with Crippen LogP contribution in [0.15, 0.2) is 45.7 Å². The van der Waals surface area contributed by atoms with Gasteiger partial charge in [0.2, 0.25) is 12.3 Å². The number of nitrogens with zero attached hydrogens (tertiary/aromatic N) is 3. The first kappa shape index (κ1) is 15.9. The first-order valence-electron chi connectivity index (χ1n) is 7.75. The topological polar surface area (TPSA) is 59.2 Å². The molecule has 1 aliphatic rings. The van der Waals surface area contributed by atoms with Crippen LogP contribution in [-0.4, -0.2) is 27.5 Å². The molecule has 1 amide bonds. The zero-order chi connectivity index (χ0) is 16.1. The quantitative estimate of drug-likeness (QED) is 0.760. The minimum absolute atomic E-state index is 0.0162. The monoisotopic (exact) mass is 375 g/mol. The third kappa shape index (κ3) is 3.88. The molecule has 5 nitrogen and oxygen atoms in total. The Kier molecular flexibility index (Phi) is 5.23. The highest BCUT2D eigenvalue weighted by Gasteiger charge is 2.28. The molecular formula is C17H18BrN3O2. The van der Waals surface area contributed by atoms with Crippen molar-refractivity contribution >= 4 is 27.9 Å². The minimum Gasteiger partial charge on any atom is -0.343 e. The smallest absolute Gasteiger partial charge is 0.247 e. The fourth-order valence-corrected chi connectivity index (χ4v) is 3.25. The number of carbonyl (C=O) groups excluding carboxylic acids is 1. The SMILES string of the molecule is O=C(C=Cc1ccccc1Br)N1CCCCCC1c1ncon1. The normalized spacial score (nSPS) is 19.0. The summed E-state index contributed by atoms with van der Waals surface area (Å²) in [6.07, 6.45) is 8.84. The maximum absolute atomic E-state index is 12.7.